The van der Waals surface area contributed by atoms with E-state index in [0.717, 1.165) is 23.4 Å². The molecule has 0 aromatic heterocycles. The van der Waals surface area contributed by atoms with Gasteiger partial charge in [-0.2, -0.15) is 11.8 Å². The highest BCUT2D eigenvalue weighted by Gasteiger charge is 2.17. The standard InChI is InChI=1S/C15H23NOS/c1-5-12(11-18-4)16(3)14-10-8-7-9-13(14)15(17)6-2/h7-10,12H,5-6,11H2,1-4H3. The summed E-state index contributed by atoms with van der Waals surface area (Å²) in [6.07, 6.45) is 3.77. The Morgan fingerprint density at radius 3 is 2.56 bits per heavy atom. The van der Waals surface area contributed by atoms with Crippen LogP contribution in [0.3, 0.4) is 0 Å². The molecule has 0 aliphatic carbocycles. The molecule has 0 fully saturated rings. The van der Waals surface area contributed by atoms with E-state index in [4.69, 9.17) is 0 Å². The van der Waals surface area contributed by atoms with Crippen LogP contribution in [0.4, 0.5) is 5.69 Å². The number of benzene rings is 1. The van der Waals surface area contributed by atoms with Gasteiger partial charge < -0.3 is 4.90 Å². The fourth-order valence-electron chi connectivity index (χ4n) is 2.10. The van der Waals surface area contributed by atoms with E-state index < -0.39 is 0 Å². The lowest BCUT2D eigenvalue weighted by Crippen LogP contribution is -2.34. The maximum absolute atomic E-state index is 12.0. The van der Waals surface area contributed by atoms with Crippen LogP contribution < -0.4 is 4.90 Å². The van der Waals surface area contributed by atoms with Crippen molar-refractivity contribution < 1.29 is 4.79 Å². The minimum Gasteiger partial charge on any atom is -0.370 e. The number of carbonyl (C=O) groups is 1. The predicted molar refractivity (Wildman–Crippen MR) is 81.9 cm³/mol. The van der Waals surface area contributed by atoms with E-state index in [1.54, 1.807) is 0 Å². The lowest BCUT2D eigenvalue weighted by Gasteiger charge is -2.30. The van der Waals surface area contributed by atoms with E-state index in [1.807, 2.05) is 43.0 Å². The summed E-state index contributed by atoms with van der Waals surface area (Å²) in [5.74, 6) is 1.30. The van der Waals surface area contributed by atoms with Gasteiger partial charge in [-0.1, -0.05) is 26.0 Å². The maximum atomic E-state index is 12.0. The Balaban J connectivity index is 3.03. The summed E-state index contributed by atoms with van der Waals surface area (Å²) in [6.45, 7) is 4.11. The summed E-state index contributed by atoms with van der Waals surface area (Å²) in [5.41, 5.74) is 1.91. The van der Waals surface area contributed by atoms with Gasteiger partial charge in [0.1, 0.15) is 0 Å². The summed E-state index contributed by atoms with van der Waals surface area (Å²) < 4.78 is 0. The zero-order valence-electron chi connectivity index (χ0n) is 11.8. The van der Waals surface area contributed by atoms with Crippen LogP contribution in [0.25, 0.3) is 0 Å². The van der Waals surface area contributed by atoms with Gasteiger partial charge >= 0.3 is 0 Å². The number of hydrogen-bond donors (Lipinski definition) is 0. The fourth-order valence-corrected chi connectivity index (χ4v) is 2.94. The Morgan fingerprint density at radius 2 is 2.00 bits per heavy atom. The molecule has 100 valence electrons. The monoisotopic (exact) mass is 265 g/mol. The second-order valence-corrected chi connectivity index (χ2v) is 5.33. The maximum Gasteiger partial charge on any atom is 0.164 e. The van der Waals surface area contributed by atoms with Crippen LogP contribution in [0.5, 0.6) is 0 Å². The molecule has 1 atom stereocenters. The summed E-state index contributed by atoms with van der Waals surface area (Å²) >= 11 is 1.85. The van der Waals surface area contributed by atoms with Crippen molar-refractivity contribution in [1.82, 2.24) is 0 Å². The van der Waals surface area contributed by atoms with Crippen LogP contribution in [0.2, 0.25) is 0 Å². The molecule has 0 radical (unpaired) electrons. The van der Waals surface area contributed by atoms with Gasteiger partial charge in [0.15, 0.2) is 5.78 Å². The molecule has 18 heavy (non-hydrogen) atoms. The quantitative estimate of drug-likeness (QED) is 0.698. The molecule has 0 aliphatic rings. The highest BCUT2D eigenvalue weighted by Crippen LogP contribution is 2.24. The zero-order valence-corrected chi connectivity index (χ0v) is 12.6. The molecule has 0 bridgehead atoms. The van der Waals surface area contributed by atoms with Crippen molar-refractivity contribution in [1.29, 1.82) is 0 Å². The first kappa shape index (κ1) is 15.1. The minimum atomic E-state index is 0.219. The van der Waals surface area contributed by atoms with Gasteiger partial charge in [0.05, 0.1) is 0 Å². The third-order valence-corrected chi connectivity index (χ3v) is 4.00. The molecule has 3 heteroatoms. The van der Waals surface area contributed by atoms with Crippen molar-refractivity contribution in [3.63, 3.8) is 0 Å². The number of thioether (sulfide) groups is 1. The third-order valence-electron chi connectivity index (χ3n) is 3.28. The van der Waals surface area contributed by atoms with E-state index in [-0.39, 0.29) is 5.78 Å². The fraction of sp³-hybridized carbons (Fsp3) is 0.533. The number of anilines is 1. The molecule has 0 saturated heterocycles. The molecule has 0 amide bonds. The van der Waals surface area contributed by atoms with E-state index in [0.29, 0.717) is 12.5 Å². The normalized spacial score (nSPS) is 12.2. The van der Waals surface area contributed by atoms with Crippen molar-refractivity contribution in [3.05, 3.63) is 29.8 Å². The van der Waals surface area contributed by atoms with Crippen LogP contribution in [-0.4, -0.2) is 30.9 Å². The summed E-state index contributed by atoms with van der Waals surface area (Å²) in [5, 5.41) is 0. The molecule has 0 heterocycles. The first-order valence-electron chi connectivity index (χ1n) is 6.49. The first-order valence-corrected chi connectivity index (χ1v) is 7.89. The van der Waals surface area contributed by atoms with Gasteiger partial charge in [-0.3, -0.25) is 4.79 Å². The highest BCUT2D eigenvalue weighted by molar-refractivity contribution is 7.98. The van der Waals surface area contributed by atoms with Gasteiger partial charge in [0.25, 0.3) is 0 Å². The van der Waals surface area contributed by atoms with Crippen molar-refractivity contribution in [2.45, 2.75) is 32.7 Å². The molecule has 0 spiro atoms. The molecule has 0 aliphatic heterocycles. The van der Waals surface area contributed by atoms with Gasteiger partial charge in [0.2, 0.25) is 0 Å². The molecule has 1 rings (SSSR count). The van der Waals surface area contributed by atoms with E-state index >= 15 is 0 Å². The van der Waals surface area contributed by atoms with Crippen molar-refractivity contribution in [3.8, 4) is 0 Å². The largest absolute Gasteiger partial charge is 0.370 e. The van der Waals surface area contributed by atoms with E-state index in [2.05, 4.69) is 25.1 Å². The average Bonchev–Trinajstić information content (AvgIpc) is 2.43. The molecule has 0 saturated carbocycles. The number of rotatable bonds is 7. The third kappa shape index (κ3) is 3.52. The lowest BCUT2D eigenvalue weighted by atomic mass is 10.0. The van der Waals surface area contributed by atoms with E-state index in [1.165, 1.54) is 0 Å². The molecule has 1 aromatic carbocycles. The number of carbonyl (C=O) groups excluding carboxylic acids is 1. The van der Waals surface area contributed by atoms with Crippen molar-refractivity contribution >= 4 is 23.2 Å². The Hall–Kier alpha value is -0.960. The van der Waals surface area contributed by atoms with Crippen LogP contribution in [-0.2, 0) is 0 Å². The van der Waals surface area contributed by atoms with Crippen molar-refractivity contribution in [2.24, 2.45) is 0 Å². The Bertz CT molecular complexity index is 392. The number of para-hydroxylation sites is 1. The predicted octanol–water partition coefficient (Wildman–Crippen LogP) is 3.86. The minimum absolute atomic E-state index is 0.219. The zero-order chi connectivity index (χ0) is 13.5. The van der Waals surface area contributed by atoms with Gasteiger partial charge in [0, 0.05) is 36.5 Å². The lowest BCUT2D eigenvalue weighted by molar-refractivity contribution is 0.0988. The Labute approximate surface area is 115 Å². The molecular formula is C15H23NOS. The average molecular weight is 265 g/mol. The second-order valence-electron chi connectivity index (χ2n) is 4.42. The van der Waals surface area contributed by atoms with Gasteiger partial charge in [-0.15, -0.1) is 0 Å². The number of nitrogens with zero attached hydrogens (tertiary/aromatic N) is 1. The summed E-state index contributed by atoms with van der Waals surface area (Å²) in [7, 11) is 2.09. The number of hydrogen-bond acceptors (Lipinski definition) is 3. The number of ketones is 1. The molecule has 1 aromatic rings. The molecule has 1 unspecified atom stereocenters. The second kappa shape index (κ2) is 7.47. The molecular weight excluding hydrogens is 242 g/mol. The van der Waals surface area contributed by atoms with Crippen LogP contribution in [0.1, 0.15) is 37.0 Å². The topological polar surface area (TPSA) is 20.3 Å². The van der Waals surface area contributed by atoms with Crippen LogP contribution in [0, 0.1) is 0 Å². The Kier molecular flexibility index (Phi) is 6.27. The number of Topliss-reactive ketones (excluding diaryl/α,β-unsaturated/α-hetero) is 1. The van der Waals surface area contributed by atoms with Gasteiger partial charge in [-0.05, 0) is 24.8 Å². The SMILES string of the molecule is CCC(=O)c1ccccc1N(C)C(CC)CSC. The smallest absolute Gasteiger partial charge is 0.164 e. The Morgan fingerprint density at radius 1 is 1.33 bits per heavy atom. The van der Waals surface area contributed by atoms with Gasteiger partial charge in [-0.25, -0.2) is 0 Å². The van der Waals surface area contributed by atoms with E-state index in [9.17, 15) is 4.79 Å². The van der Waals surface area contributed by atoms with Crippen LogP contribution >= 0.6 is 11.8 Å². The summed E-state index contributed by atoms with van der Waals surface area (Å²) in [4.78, 5) is 14.2. The van der Waals surface area contributed by atoms with Crippen molar-refractivity contribution in [2.75, 3.05) is 24.0 Å². The molecule has 0 N–H and O–H groups in total. The first-order chi connectivity index (χ1) is 8.65. The highest BCUT2D eigenvalue weighted by atomic mass is 32.2. The molecule has 2 nitrogen and oxygen atoms in total. The summed E-state index contributed by atoms with van der Waals surface area (Å²) in [6, 6.07) is 8.40. The van der Waals surface area contributed by atoms with Crippen LogP contribution in [0.15, 0.2) is 24.3 Å².